The van der Waals surface area contributed by atoms with Crippen molar-refractivity contribution in [2.75, 3.05) is 31.6 Å². The Hall–Kier alpha value is -2.13. The number of benzene rings is 1. The smallest absolute Gasteiger partial charge is 0.244 e. The molecule has 5 nitrogen and oxygen atoms in total. The Labute approximate surface area is 116 Å². The molecule has 0 bridgehead atoms. The van der Waals surface area contributed by atoms with Crippen LogP contribution in [-0.4, -0.2) is 43.2 Å². The fourth-order valence-corrected chi connectivity index (χ4v) is 2.09. The fourth-order valence-electron chi connectivity index (χ4n) is 2.09. The zero-order chi connectivity index (χ0) is 14.5. The van der Waals surface area contributed by atoms with E-state index in [0.29, 0.717) is 32.0 Å². The van der Waals surface area contributed by atoms with Crippen molar-refractivity contribution >= 4 is 11.6 Å². The van der Waals surface area contributed by atoms with Crippen molar-refractivity contribution < 1.29 is 13.9 Å². The second kappa shape index (κ2) is 6.35. The minimum absolute atomic E-state index is 0.0542. The zero-order valence-electron chi connectivity index (χ0n) is 11.2. The Kier molecular flexibility index (Phi) is 4.53. The van der Waals surface area contributed by atoms with Crippen LogP contribution in [0.15, 0.2) is 18.2 Å². The number of nitriles is 1. The average Bonchev–Trinajstić information content (AvgIpc) is 2.49. The lowest BCUT2D eigenvalue weighted by molar-refractivity contribution is -0.135. The number of morpholine rings is 1. The molecule has 0 saturated carbocycles. The van der Waals surface area contributed by atoms with E-state index in [4.69, 9.17) is 10.00 Å². The maximum atomic E-state index is 13.1. The van der Waals surface area contributed by atoms with E-state index in [0.717, 1.165) is 6.07 Å². The molecule has 1 aromatic carbocycles. The van der Waals surface area contributed by atoms with Gasteiger partial charge in [0.25, 0.3) is 0 Å². The molecule has 1 aromatic rings. The lowest BCUT2D eigenvalue weighted by atomic mass is 10.1. The van der Waals surface area contributed by atoms with Crippen LogP contribution in [0.25, 0.3) is 0 Å². The molecule has 1 N–H and O–H groups in total. The average molecular weight is 277 g/mol. The summed E-state index contributed by atoms with van der Waals surface area (Å²) in [5, 5.41) is 11.9. The number of carbonyl (C=O) groups is 1. The summed E-state index contributed by atoms with van der Waals surface area (Å²) in [6.07, 6.45) is 0. The number of hydrogen-bond acceptors (Lipinski definition) is 4. The molecule has 1 aliphatic rings. The summed E-state index contributed by atoms with van der Waals surface area (Å²) in [6, 6.07) is 5.31. The van der Waals surface area contributed by atoms with Crippen LogP contribution in [0.1, 0.15) is 12.5 Å². The molecular weight excluding hydrogens is 261 g/mol. The van der Waals surface area contributed by atoms with Crippen molar-refractivity contribution in [3.63, 3.8) is 0 Å². The molecule has 1 unspecified atom stereocenters. The molecular formula is C14H16FN3O2. The Morgan fingerprint density at radius 3 is 2.85 bits per heavy atom. The van der Waals surface area contributed by atoms with Crippen LogP contribution in [0.4, 0.5) is 10.1 Å². The Morgan fingerprint density at radius 1 is 1.50 bits per heavy atom. The fraction of sp³-hybridized carbons (Fsp3) is 0.429. The Balaban J connectivity index is 2.05. The molecule has 1 atom stereocenters. The van der Waals surface area contributed by atoms with Crippen molar-refractivity contribution in [3.05, 3.63) is 29.6 Å². The summed E-state index contributed by atoms with van der Waals surface area (Å²) in [5.41, 5.74) is 0.648. The van der Waals surface area contributed by atoms with Gasteiger partial charge in [-0.3, -0.25) is 4.79 Å². The number of ether oxygens (including phenoxy) is 1. The first-order valence-electron chi connectivity index (χ1n) is 6.44. The van der Waals surface area contributed by atoms with Crippen LogP contribution >= 0.6 is 0 Å². The summed E-state index contributed by atoms with van der Waals surface area (Å²) < 4.78 is 18.3. The summed E-state index contributed by atoms with van der Waals surface area (Å²) >= 11 is 0. The maximum Gasteiger partial charge on any atom is 0.244 e. The second-order valence-corrected chi connectivity index (χ2v) is 4.61. The van der Waals surface area contributed by atoms with Gasteiger partial charge in [-0.15, -0.1) is 0 Å². The van der Waals surface area contributed by atoms with Gasteiger partial charge in [-0.1, -0.05) is 0 Å². The van der Waals surface area contributed by atoms with Crippen molar-refractivity contribution in [1.29, 1.82) is 5.26 Å². The predicted octanol–water partition coefficient (Wildman–Crippen LogP) is 1.36. The summed E-state index contributed by atoms with van der Waals surface area (Å²) in [7, 11) is 0. The minimum Gasteiger partial charge on any atom is -0.378 e. The molecule has 1 aliphatic heterocycles. The lowest BCUT2D eigenvalue weighted by Crippen LogP contribution is -2.47. The van der Waals surface area contributed by atoms with E-state index < -0.39 is 11.9 Å². The first kappa shape index (κ1) is 14.3. The van der Waals surface area contributed by atoms with Gasteiger partial charge in [-0.05, 0) is 25.1 Å². The Bertz CT molecular complexity index is 536. The predicted molar refractivity (Wildman–Crippen MR) is 71.6 cm³/mol. The van der Waals surface area contributed by atoms with Crippen molar-refractivity contribution in [2.24, 2.45) is 0 Å². The highest BCUT2D eigenvalue weighted by molar-refractivity contribution is 5.84. The molecule has 6 heteroatoms. The van der Waals surface area contributed by atoms with Crippen LogP contribution in [-0.2, 0) is 9.53 Å². The number of rotatable bonds is 3. The largest absolute Gasteiger partial charge is 0.378 e. The highest BCUT2D eigenvalue weighted by Crippen LogP contribution is 2.17. The first-order chi connectivity index (χ1) is 9.61. The van der Waals surface area contributed by atoms with E-state index in [1.54, 1.807) is 11.8 Å². The van der Waals surface area contributed by atoms with Gasteiger partial charge < -0.3 is 15.0 Å². The molecule has 1 fully saturated rings. The van der Waals surface area contributed by atoms with Gasteiger partial charge in [0, 0.05) is 13.1 Å². The summed E-state index contributed by atoms with van der Waals surface area (Å²) in [4.78, 5) is 13.9. The molecule has 1 heterocycles. The van der Waals surface area contributed by atoms with E-state index in [1.807, 2.05) is 6.07 Å². The van der Waals surface area contributed by atoms with Gasteiger partial charge in [0.2, 0.25) is 5.91 Å². The molecule has 1 amide bonds. The standard InChI is InChI=1S/C14H16FN3O2/c1-10(14(19)18-4-6-20-7-5-18)17-13-3-2-12(15)8-11(13)9-16/h2-3,8,10,17H,4-7H2,1H3. The van der Waals surface area contributed by atoms with E-state index in [9.17, 15) is 9.18 Å². The molecule has 0 aromatic heterocycles. The number of nitrogens with one attached hydrogen (secondary N) is 1. The molecule has 1 saturated heterocycles. The third kappa shape index (κ3) is 3.25. The maximum absolute atomic E-state index is 13.1. The van der Waals surface area contributed by atoms with Crippen LogP contribution < -0.4 is 5.32 Å². The monoisotopic (exact) mass is 277 g/mol. The quantitative estimate of drug-likeness (QED) is 0.906. The molecule has 2 rings (SSSR count). The highest BCUT2D eigenvalue weighted by Gasteiger charge is 2.22. The first-order valence-corrected chi connectivity index (χ1v) is 6.44. The van der Waals surface area contributed by atoms with Crippen LogP contribution in [0, 0.1) is 17.1 Å². The molecule has 0 aliphatic carbocycles. The summed E-state index contributed by atoms with van der Waals surface area (Å²) in [6.45, 7) is 3.94. The minimum atomic E-state index is -0.481. The molecule has 0 spiro atoms. The topological polar surface area (TPSA) is 65.4 Å². The van der Waals surface area contributed by atoms with E-state index in [2.05, 4.69) is 5.32 Å². The lowest BCUT2D eigenvalue weighted by Gasteiger charge is -2.29. The number of amides is 1. The number of hydrogen-bond donors (Lipinski definition) is 1. The summed E-state index contributed by atoms with van der Waals surface area (Å²) in [5.74, 6) is -0.527. The highest BCUT2D eigenvalue weighted by atomic mass is 19.1. The van der Waals surface area contributed by atoms with Crippen LogP contribution in [0.3, 0.4) is 0 Å². The normalized spacial score (nSPS) is 16.4. The second-order valence-electron chi connectivity index (χ2n) is 4.61. The van der Waals surface area contributed by atoms with Crippen LogP contribution in [0.5, 0.6) is 0 Å². The third-order valence-corrected chi connectivity index (χ3v) is 3.17. The number of halogens is 1. The van der Waals surface area contributed by atoms with Crippen molar-refractivity contribution in [1.82, 2.24) is 4.90 Å². The van der Waals surface area contributed by atoms with Crippen molar-refractivity contribution in [2.45, 2.75) is 13.0 Å². The number of nitrogens with zero attached hydrogens (tertiary/aromatic N) is 2. The van der Waals surface area contributed by atoms with E-state index >= 15 is 0 Å². The number of carbonyl (C=O) groups excluding carboxylic acids is 1. The Morgan fingerprint density at radius 2 is 2.20 bits per heavy atom. The van der Waals surface area contributed by atoms with Crippen molar-refractivity contribution in [3.8, 4) is 6.07 Å². The van der Waals surface area contributed by atoms with E-state index in [-0.39, 0.29) is 11.5 Å². The van der Waals surface area contributed by atoms with Gasteiger partial charge in [0.1, 0.15) is 17.9 Å². The molecule has 0 radical (unpaired) electrons. The third-order valence-electron chi connectivity index (χ3n) is 3.17. The van der Waals surface area contributed by atoms with Gasteiger partial charge in [0.15, 0.2) is 0 Å². The van der Waals surface area contributed by atoms with Crippen LogP contribution in [0.2, 0.25) is 0 Å². The number of anilines is 1. The zero-order valence-corrected chi connectivity index (χ0v) is 11.2. The molecule has 106 valence electrons. The van der Waals surface area contributed by atoms with Gasteiger partial charge in [-0.2, -0.15) is 5.26 Å². The van der Waals surface area contributed by atoms with E-state index in [1.165, 1.54) is 12.1 Å². The van der Waals surface area contributed by atoms with Gasteiger partial charge >= 0.3 is 0 Å². The van der Waals surface area contributed by atoms with Gasteiger partial charge in [0.05, 0.1) is 24.5 Å². The molecule has 20 heavy (non-hydrogen) atoms. The SMILES string of the molecule is CC(Nc1ccc(F)cc1C#N)C(=O)N1CCOCC1. The van der Waals surface area contributed by atoms with Gasteiger partial charge in [-0.25, -0.2) is 4.39 Å².